The summed E-state index contributed by atoms with van der Waals surface area (Å²) in [5.74, 6) is 1.37. The second kappa shape index (κ2) is 5.00. The van der Waals surface area contributed by atoms with E-state index in [1.54, 1.807) is 32.4 Å². The SMILES string of the molecule is COc1ccc(OC)c(C(Br)C=O)c1. The molecule has 4 heteroatoms. The highest BCUT2D eigenvalue weighted by Gasteiger charge is 2.12. The van der Waals surface area contributed by atoms with E-state index in [1.807, 2.05) is 0 Å². The van der Waals surface area contributed by atoms with Gasteiger partial charge in [-0.05, 0) is 18.2 Å². The summed E-state index contributed by atoms with van der Waals surface area (Å²) in [5.41, 5.74) is 0.766. The van der Waals surface area contributed by atoms with Crippen molar-refractivity contribution in [2.45, 2.75) is 4.83 Å². The first-order valence-electron chi connectivity index (χ1n) is 4.04. The van der Waals surface area contributed by atoms with Crippen molar-refractivity contribution < 1.29 is 14.3 Å². The zero-order valence-electron chi connectivity index (χ0n) is 7.99. The van der Waals surface area contributed by atoms with Crippen molar-refractivity contribution >= 4 is 22.2 Å². The molecule has 1 atom stereocenters. The normalized spacial score (nSPS) is 11.9. The van der Waals surface area contributed by atoms with Gasteiger partial charge in [0.2, 0.25) is 0 Å². The van der Waals surface area contributed by atoms with Crippen LogP contribution in [0.3, 0.4) is 0 Å². The van der Waals surface area contributed by atoms with E-state index in [1.165, 1.54) is 0 Å². The van der Waals surface area contributed by atoms with Crippen LogP contribution < -0.4 is 9.47 Å². The van der Waals surface area contributed by atoms with Crippen molar-refractivity contribution in [2.75, 3.05) is 14.2 Å². The molecular formula is C10H11BrO3. The second-order valence-electron chi connectivity index (χ2n) is 2.65. The summed E-state index contributed by atoms with van der Waals surface area (Å²) in [4.78, 5) is 10.3. The van der Waals surface area contributed by atoms with Gasteiger partial charge in [0.15, 0.2) is 0 Å². The maximum atomic E-state index is 10.6. The van der Waals surface area contributed by atoms with Gasteiger partial charge in [0.1, 0.15) is 17.8 Å². The quantitative estimate of drug-likeness (QED) is 0.615. The van der Waals surface area contributed by atoms with E-state index in [9.17, 15) is 4.79 Å². The summed E-state index contributed by atoms with van der Waals surface area (Å²) >= 11 is 3.24. The first-order valence-corrected chi connectivity index (χ1v) is 4.95. The average Bonchev–Trinajstić information content (AvgIpc) is 2.27. The van der Waals surface area contributed by atoms with Crippen LogP contribution in [0.4, 0.5) is 0 Å². The minimum absolute atomic E-state index is 0.368. The number of methoxy groups -OCH3 is 2. The van der Waals surface area contributed by atoms with Gasteiger partial charge in [0, 0.05) is 5.56 Å². The number of hydrogen-bond donors (Lipinski definition) is 0. The predicted octanol–water partition coefficient (Wildman–Crippen LogP) is 2.34. The average molecular weight is 259 g/mol. The molecule has 1 unspecified atom stereocenters. The molecule has 0 aromatic heterocycles. The third kappa shape index (κ3) is 2.26. The molecule has 0 aliphatic heterocycles. The van der Waals surface area contributed by atoms with E-state index in [4.69, 9.17) is 9.47 Å². The van der Waals surface area contributed by atoms with Crippen LogP contribution in [0, 0.1) is 0 Å². The minimum atomic E-state index is -0.368. The highest BCUT2D eigenvalue weighted by molar-refractivity contribution is 9.09. The van der Waals surface area contributed by atoms with Gasteiger partial charge < -0.3 is 14.3 Å². The van der Waals surface area contributed by atoms with Crippen LogP contribution in [0.25, 0.3) is 0 Å². The summed E-state index contributed by atoms with van der Waals surface area (Å²) in [7, 11) is 3.14. The van der Waals surface area contributed by atoms with Gasteiger partial charge in [-0.2, -0.15) is 0 Å². The number of carbonyl (C=O) groups excluding carboxylic acids is 1. The fourth-order valence-electron chi connectivity index (χ4n) is 1.13. The van der Waals surface area contributed by atoms with Crippen molar-refractivity contribution in [3.05, 3.63) is 23.8 Å². The predicted molar refractivity (Wildman–Crippen MR) is 57.3 cm³/mol. The lowest BCUT2D eigenvalue weighted by Crippen LogP contribution is -1.97. The molecule has 0 heterocycles. The zero-order chi connectivity index (χ0) is 10.6. The summed E-state index contributed by atoms with van der Waals surface area (Å²) < 4.78 is 10.2. The summed E-state index contributed by atoms with van der Waals surface area (Å²) in [6.45, 7) is 0. The van der Waals surface area contributed by atoms with Crippen molar-refractivity contribution in [1.82, 2.24) is 0 Å². The van der Waals surface area contributed by atoms with E-state index in [0.29, 0.717) is 11.5 Å². The van der Waals surface area contributed by atoms with Crippen LogP contribution >= 0.6 is 15.9 Å². The fraction of sp³-hybridized carbons (Fsp3) is 0.300. The summed E-state index contributed by atoms with van der Waals surface area (Å²) in [5, 5.41) is 0. The van der Waals surface area contributed by atoms with E-state index >= 15 is 0 Å². The minimum Gasteiger partial charge on any atom is -0.497 e. The van der Waals surface area contributed by atoms with Crippen molar-refractivity contribution in [1.29, 1.82) is 0 Å². The number of halogens is 1. The van der Waals surface area contributed by atoms with Gasteiger partial charge in [-0.1, -0.05) is 15.9 Å². The molecule has 76 valence electrons. The van der Waals surface area contributed by atoms with Gasteiger partial charge in [-0.15, -0.1) is 0 Å². The van der Waals surface area contributed by atoms with Crippen LogP contribution in [0.2, 0.25) is 0 Å². The molecule has 0 spiro atoms. The molecule has 0 bridgehead atoms. The molecule has 3 nitrogen and oxygen atoms in total. The van der Waals surface area contributed by atoms with Crippen LogP contribution in [0.5, 0.6) is 11.5 Å². The number of alkyl halides is 1. The summed E-state index contributed by atoms with van der Waals surface area (Å²) in [6.07, 6.45) is 0.803. The Morgan fingerprint density at radius 2 is 2.07 bits per heavy atom. The molecule has 0 amide bonds. The number of aldehydes is 1. The number of ether oxygens (including phenoxy) is 2. The zero-order valence-corrected chi connectivity index (χ0v) is 9.58. The Morgan fingerprint density at radius 3 is 2.57 bits per heavy atom. The van der Waals surface area contributed by atoms with Crippen LogP contribution in [0.15, 0.2) is 18.2 Å². The first kappa shape index (κ1) is 11.0. The molecule has 0 aliphatic carbocycles. The van der Waals surface area contributed by atoms with E-state index in [2.05, 4.69) is 15.9 Å². The molecule has 0 radical (unpaired) electrons. The number of hydrogen-bond acceptors (Lipinski definition) is 3. The third-order valence-electron chi connectivity index (χ3n) is 1.85. The smallest absolute Gasteiger partial charge is 0.138 e. The van der Waals surface area contributed by atoms with Crippen molar-refractivity contribution in [2.24, 2.45) is 0 Å². The van der Waals surface area contributed by atoms with Gasteiger partial charge in [0.25, 0.3) is 0 Å². The Hall–Kier alpha value is -1.03. The largest absolute Gasteiger partial charge is 0.497 e. The van der Waals surface area contributed by atoms with Gasteiger partial charge in [0.05, 0.1) is 19.0 Å². The Labute approximate surface area is 91.1 Å². The Morgan fingerprint density at radius 1 is 1.36 bits per heavy atom. The molecule has 0 saturated carbocycles. The van der Waals surface area contributed by atoms with Crippen molar-refractivity contribution in [3.63, 3.8) is 0 Å². The number of rotatable bonds is 4. The molecule has 14 heavy (non-hydrogen) atoms. The topological polar surface area (TPSA) is 35.5 Å². The first-order chi connectivity index (χ1) is 6.72. The molecule has 0 fully saturated rings. The van der Waals surface area contributed by atoms with Gasteiger partial charge >= 0.3 is 0 Å². The lowest BCUT2D eigenvalue weighted by Gasteiger charge is -2.11. The van der Waals surface area contributed by atoms with Gasteiger partial charge in [-0.3, -0.25) is 0 Å². The molecule has 1 rings (SSSR count). The molecule has 0 aliphatic rings. The van der Waals surface area contributed by atoms with E-state index in [0.717, 1.165) is 11.8 Å². The molecule has 0 N–H and O–H groups in total. The second-order valence-corrected chi connectivity index (χ2v) is 3.63. The lowest BCUT2D eigenvalue weighted by molar-refractivity contribution is -0.107. The maximum Gasteiger partial charge on any atom is 0.138 e. The fourth-order valence-corrected chi connectivity index (χ4v) is 1.49. The van der Waals surface area contributed by atoms with Crippen LogP contribution in [-0.2, 0) is 4.79 Å². The van der Waals surface area contributed by atoms with Crippen molar-refractivity contribution in [3.8, 4) is 11.5 Å². The molecule has 0 saturated heterocycles. The Balaban J connectivity index is 3.14. The molecular weight excluding hydrogens is 248 g/mol. The standard InChI is InChI=1S/C10H11BrO3/c1-13-7-3-4-10(14-2)8(5-7)9(11)6-12/h3-6,9H,1-2H3. The highest BCUT2D eigenvalue weighted by Crippen LogP contribution is 2.32. The number of carbonyl (C=O) groups is 1. The highest BCUT2D eigenvalue weighted by atomic mass is 79.9. The van der Waals surface area contributed by atoms with E-state index in [-0.39, 0.29) is 4.83 Å². The molecule has 1 aromatic rings. The van der Waals surface area contributed by atoms with Crippen LogP contribution in [0.1, 0.15) is 10.4 Å². The maximum absolute atomic E-state index is 10.6. The third-order valence-corrected chi connectivity index (χ3v) is 2.56. The summed E-state index contributed by atoms with van der Waals surface area (Å²) in [6, 6.07) is 5.32. The molecule has 1 aromatic carbocycles. The van der Waals surface area contributed by atoms with E-state index < -0.39 is 0 Å². The van der Waals surface area contributed by atoms with Gasteiger partial charge in [-0.25, -0.2) is 0 Å². The number of benzene rings is 1. The van der Waals surface area contributed by atoms with Crippen LogP contribution in [-0.4, -0.2) is 20.5 Å². The lowest BCUT2D eigenvalue weighted by atomic mass is 10.1. The monoisotopic (exact) mass is 258 g/mol. The Bertz CT molecular complexity index is 325. The Kier molecular flexibility index (Phi) is 3.95.